The molecule has 1 saturated carbocycles. The number of carbonyl (C=O) groups excluding carboxylic acids is 1. The second kappa shape index (κ2) is 7.05. The van der Waals surface area contributed by atoms with E-state index < -0.39 is 37.4 Å². The zero-order valence-corrected chi connectivity index (χ0v) is 13.4. The maximum atomic E-state index is 13.9. The average Bonchev–Trinajstić information content (AvgIpc) is 2.55. The molecular weight excluding hydrogens is 323 g/mol. The van der Waals surface area contributed by atoms with Gasteiger partial charge in [0, 0.05) is 18.4 Å². The standard InChI is InChI=1S/C16H23FO7/c1-7-4-12(19)23-10-5-8(2-3-9(7)10)22-16-15(21)13(17)14(20)11(6-18)24-16/h4,8-11,13-16,18,20-21H,2-3,5-6H2,1H3/t8?,9?,10?,11-,13+,14+,15-,16-/m1/s1. The topological polar surface area (TPSA) is 105 Å². The van der Waals surface area contributed by atoms with Crippen molar-refractivity contribution in [3.05, 3.63) is 11.6 Å². The molecule has 0 aromatic rings. The van der Waals surface area contributed by atoms with Crippen LogP contribution >= 0.6 is 0 Å². The summed E-state index contributed by atoms with van der Waals surface area (Å²) in [4.78, 5) is 11.5. The Bertz CT molecular complexity index is 509. The Balaban J connectivity index is 1.62. The summed E-state index contributed by atoms with van der Waals surface area (Å²) in [5, 5.41) is 28.7. The van der Waals surface area contributed by atoms with Gasteiger partial charge in [-0.1, -0.05) is 5.57 Å². The van der Waals surface area contributed by atoms with Gasteiger partial charge in [-0.15, -0.1) is 0 Å². The van der Waals surface area contributed by atoms with E-state index in [0.717, 1.165) is 12.0 Å². The van der Waals surface area contributed by atoms with Crippen LogP contribution in [0.1, 0.15) is 26.2 Å². The van der Waals surface area contributed by atoms with Crippen LogP contribution in [-0.2, 0) is 19.0 Å². The zero-order chi connectivity index (χ0) is 17.4. The van der Waals surface area contributed by atoms with Crippen molar-refractivity contribution in [1.29, 1.82) is 0 Å². The van der Waals surface area contributed by atoms with Gasteiger partial charge in [0.25, 0.3) is 0 Å². The molecule has 8 heteroatoms. The van der Waals surface area contributed by atoms with Gasteiger partial charge in [0.2, 0.25) is 0 Å². The van der Waals surface area contributed by atoms with Crippen molar-refractivity contribution >= 4 is 5.97 Å². The van der Waals surface area contributed by atoms with Gasteiger partial charge in [-0.05, 0) is 19.8 Å². The molecule has 0 aromatic heterocycles. The van der Waals surface area contributed by atoms with E-state index in [-0.39, 0.29) is 24.1 Å². The van der Waals surface area contributed by atoms with Crippen LogP contribution in [0.3, 0.4) is 0 Å². The smallest absolute Gasteiger partial charge is 0.330 e. The van der Waals surface area contributed by atoms with Gasteiger partial charge in [-0.25, -0.2) is 9.18 Å². The molecule has 0 radical (unpaired) electrons. The van der Waals surface area contributed by atoms with Crippen LogP contribution in [0.2, 0.25) is 0 Å². The highest BCUT2D eigenvalue weighted by Gasteiger charge is 2.47. The first-order chi connectivity index (χ1) is 11.4. The lowest BCUT2D eigenvalue weighted by Crippen LogP contribution is -2.58. The minimum atomic E-state index is -1.96. The quantitative estimate of drug-likeness (QED) is 0.609. The van der Waals surface area contributed by atoms with Crippen LogP contribution in [0.25, 0.3) is 0 Å². The number of hydrogen-bond donors (Lipinski definition) is 3. The number of esters is 1. The fraction of sp³-hybridized carbons (Fsp3) is 0.812. The third-order valence-corrected chi connectivity index (χ3v) is 5.07. The molecule has 3 rings (SSSR count). The first-order valence-corrected chi connectivity index (χ1v) is 8.21. The van der Waals surface area contributed by atoms with Crippen molar-refractivity contribution in [2.75, 3.05) is 6.61 Å². The van der Waals surface area contributed by atoms with Crippen LogP contribution in [0, 0.1) is 5.92 Å². The molecule has 0 amide bonds. The van der Waals surface area contributed by atoms with Crippen molar-refractivity contribution in [2.24, 2.45) is 5.92 Å². The number of halogens is 1. The van der Waals surface area contributed by atoms with E-state index >= 15 is 0 Å². The Morgan fingerprint density at radius 3 is 2.79 bits per heavy atom. The summed E-state index contributed by atoms with van der Waals surface area (Å²) < 4.78 is 30.2. The van der Waals surface area contributed by atoms with Gasteiger partial charge in [-0.3, -0.25) is 0 Å². The molecule has 8 atom stereocenters. The predicted molar refractivity (Wildman–Crippen MR) is 78.5 cm³/mol. The minimum absolute atomic E-state index is 0.153. The number of carbonyl (C=O) groups is 1. The third-order valence-electron chi connectivity index (χ3n) is 5.07. The van der Waals surface area contributed by atoms with E-state index in [0.29, 0.717) is 12.8 Å². The normalized spacial score (nSPS) is 46.0. The fourth-order valence-corrected chi connectivity index (χ4v) is 3.69. The van der Waals surface area contributed by atoms with E-state index in [9.17, 15) is 19.4 Å². The fourth-order valence-electron chi connectivity index (χ4n) is 3.69. The Hall–Kier alpha value is -1.06. The number of hydrogen-bond acceptors (Lipinski definition) is 7. The van der Waals surface area contributed by atoms with E-state index in [2.05, 4.69) is 0 Å². The largest absolute Gasteiger partial charge is 0.458 e. The number of fused-ring (bicyclic) bond motifs is 1. The SMILES string of the molecule is CC1=CC(=O)OC2CC(O[C@@H]3O[C@H](CO)[C@H](O)[C@H](F)[C@H]3O)CCC12. The molecule has 3 aliphatic rings. The highest BCUT2D eigenvalue weighted by Crippen LogP contribution is 2.37. The Kier molecular flexibility index (Phi) is 5.22. The molecule has 2 heterocycles. The molecule has 136 valence electrons. The first kappa shape index (κ1) is 17.8. The van der Waals surface area contributed by atoms with Crippen molar-refractivity contribution in [3.8, 4) is 0 Å². The van der Waals surface area contributed by atoms with Gasteiger partial charge in [0.15, 0.2) is 12.5 Å². The molecule has 0 spiro atoms. The second-order valence-corrected chi connectivity index (χ2v) is 6.69. The molecule has 0 aromatic carbocycles. The summed E-state index contributed by atoms with van der Waals surface area (Å²) in [5.41, 5.74) is 0.982. The summed E-state index contributed by atoms with van der Waals surface area (Å²) in [6.07, 6.45) is -4.99. The molecule has 3 N–H and O–H groups in total. The average molecular weight is 346 g/mol. The van der Waals surface area contributed by atoms with Gasteiger partial charge in [0.05, 0.1) is 12.7 Å². The third kappa shape index (κ3) is 3.34. The summed E-state index contributed by atoms with van der Waals surface area (Å²) >= 11 is 0. The lowest BCUT2D eigenvalue weighted by Gasteiger charge is -2.42. The monoisotopic (exact) mass is 346 g/mol. The summed E-state index contributed by atoms with van der Waals surface area (Å²) in [6.45, 7) is 1.32. The maximum Gasteiger partial charge on any atom is 0.330 e. The van der Waals surface area contributed by atoms with E-state index in [1.807, 2.05) is 6.92 Å². The van der Waals surface area contributed by atoms with Crippen LogP contribution < -0.4 is 0 Å². The molecular formula is C16H23FO7. The van der Waals surface area contributed by atoms with Gasteiger partial charge >= 0.3 is 5.97 Å². The zero-order valence-electron chi connectivity index (χ0n) is 13.4. The number of aliphatic hydroxyl groups is 3. The number of alkyl halides is 1. The summed E-state index contributed by atoms with van der Waals surface area (Å²) in [5.74, 6) is -0.226. The Morgan fingerprint density at radius 1 is 1.33 bits per heavy atom. The van der Waals surface area contributed by atoms with Gasteiger partial charge in [0.1, 0.15) is 24.4 Å². The molecule has 24 heavy (non-hydrogen) atoms. The van der Waals surface area contributed by atoms with E-state index in [1.165, 1.54) is 6.08 Å². The van der Waals surface area contributed by atoms with Crippen LogP contribution in [0.5, 0.6) is 0 Å². The molecule has 0 bridgehead atoms. The highest BCUT2D eigenvalue weighted by atomic mass is 19.1. The summed E-state index contributed by atoms with van der Waals surface area (Å²) in [7, 11) is 0. The van der Waals surface area contributed by atoms with Gasteiger partial charge in [-0.2, -0.15) is 0 Å². The minimum Gasteiger partial charge on any atom is -0.458 e. The molecule has 2 aliphatic heterocycles. The number of aliphatic hydroxyl groups excluding tert-OH is 3. The summed E-state index contributed by atoms with van der Waals surface area (Å²) in [6, 6.07) is 0. The van der Waals surface area contributed by atoms with Crippen molar-refractivity contribution < 1.29 is 38.7 Å². The van der Waals surface area contributed by atoms with Gasteiger partial charge < -0.3 is 29.5 Å². The second-order valence-electron chi connectivity index (χ2n) is 6.69. The van der Waals surface area contributed by atoms with Crippen molar-refractivity contribution in [3.63, 3.8) is 0 Å². The van der Waals surface area contributed by atoms with Crippen LogP contribution in [-0.4, -0.2) is 70.9 Å². The maximum absolute atomic E-state index is 13.9. The Morgan fingerprint density at radius 2 is 2.08 bits per heavy atom. The molecule has 1 saturated heterocycles. The van der Waals surface area contributed by atoms with E-state index in [1.54, 1.807) is 0 Å². The predicted octanol–water partition coefficient (Wildman–Crippen LogP) is -0.180. The molecule has 7 nitrogen and oxygen atoms in total. The molecule has 3 unspecified atom stereocenters. The number of rotatable bonds is 3. The van der Waals surface area contributed by atoms with Crippen LogP contribution in [0.15, 0.2) is 11.6 Å². The lowest BCUT2D eigenvalue weighted by atomic mass is 9.79. The van der Waals surface area contributed by atoms with Crippen LogP contribution in [0.4, 0.5) is 4.39 Å². The molecule has 1 aliphatic carbocycles. The highest BCUT2D eigenvalue weighted by molar-refractivity contribution is 5.84. The van der Waals surface area contributed by atoms with Crippen molar-refractivity contribution in [2.45, 2.75) is 69.2 Å². The van der Waals surface area contributed by atoms with Crippen molar-refractivity contribution in [1.82, 2.24) is 0 Å². The lowest BCUT2D eigenvalue weighted by molar-refractivity contribution is -0.305. The molecule has 2 fully saturated rings. The van der Waals surface area contributed by atoms with E-state index in [4.69, 9.17) is 19.3 Å². The Labute approximate surface area is 139 Å². The number of ether oxygens (including phenoxy) is 3. The first-order valence-electron chi connectivity index (χ1n) is 8.21.